The zero-order valence-corrected chi connectivity index (χ0v) is 13.8. The van der Waals surface area contributed by atoms with Crippen LogP contribution in [-0.2, 0) is 4.79 Å². The first-order chi connectivity index (χ1) is 10.9. The lowest BCUT2D eigenvalue weighted by molar-refractivity contribution is -0.118. The van der Waals surface area contributed by atoms with E-state index in [1.54, 1.807) is 6.08 Å². The maximum Gasteiger partial charge on any atom is 0.155 e. The molecule has 0 aliphatic heterocycles. The van der Waals surface area contributed by atoms with Crippen LogP contribution in [0.25, 0.3) is 0 Å². The summed E-state index contributed by atoms with van der Waals surface area (Å²) < 4.78 is 0. The summed E-state index contributed by atoms with van der Waals surface area (Å²) in [4.78, 5) is 11.7. The van der Waals surface area contributed by atoms with Gasteiger partial charge in [0.25, 0.3) is 0 Å². The summed E-state index contributed by atoms with van der Waals surface area (Å²) in [7, 11) is 0. The van der Waals surface area contributed by atoms with E-state index in [-0.39, 0.29) is 11.2 Å². The molecule has 2 N–H and O–H groups in total. The maximum absolute atomic E-state index is 11.7. The van der Waals surface area contributed by atoms with Crippen molar-refractivity contribution in [3.05, 3.63) is 11.6 Å². The molecule has 0 aromatic rings. The summed E-state index contributed by atoms with van der Waals surface area (Å²) in [6, 6.07) is 0. The van der Waals surface area contributed by atoms with Crippen molar-refractivity contribution in [2.75, 3.05) is 0 Å². The fraction of sp³-hybridized carbons (Fsp3) is 0.750. The van der Waals surface area contributed by atoms with Crippen LogP contribution in [0.4, 0.5) is 0 Å². The van der Waals surface area contributed by atoms with Crippen molar-refractivity contribution in [1.82, 2.24) is 0 Å². The monoisotopic (exact) mass is 314 g/mol. The highest BCUT2D eigenvalue weighted by atomic mass is 16.3. The summed E-state index contributed by atoms with van der Waals surface area (Å²) in [5, 5.41) is 21.6. The Morgan fingerprint density at radius 2 is 2.04 bits per heavy atom. The molecule has 7 atom stereocenters. The van der Waals surface area contributed by atoms with Gasteiger partial charge < -0.3 is 10.2 Å². The van der Waals surface area contributed by atoms with Gasteiger partial charge in [0.2, 0.25) is 0 Å². The molecule has 23 heavy (non-hydrogen) atoms. The number of hydrogen-bond acceptors (Lipinski definition) is 3. The van der Waals surface area contributed by atoms with Crippen LogP contribution in [0.1, 0.15) is 51.9 Å². The Balaban J connectivity index is 1.69. The van der Waals surface area contributed by atoms with Gasteiger partial charge in [0.05, 0.1) is 6.10 Å². The summed E-state index contributed by atoms with van der Waals surface area (Å²) >= 11 is 0. The van der Waals surface area contributed by atoms with Gasteiger partial charge in [-0.2, -0.15) is 0 Å². The van der Waals surface area contributed by atoms with Gasteiger partial charge in [-0.15, -0.1) is 6.42 Å². The second-order valence-corrected chi connectivity index (χ2v) is 8.44. The molecule has 0 spiro atoms. The predicted molar refractivity (Wildman–Crippen MR) is 87.3 cm³/mol. The summed E-state index contributed by atoms with van der Waals surface area (Å²) in [5.74, 6) is 4.54. The van der Waals surface area contributed by atoms with E-state index in [1.165, 1.54) is 0 Å². The second-order valence-electron chi connectivity index (χ2n) is 8.44. The Morgan fingerprint density at radius 3 is 2.78 bits per heavy atom. The lowest BCUT2D eigenvalue weighted by atomic mass is 9.50. The number of hydrogen-bond donors (Lipinski definition) is 2. The Labute approximate surface area is 138 Å². The number of aliphatic hydroxyl groups is 2. The normalized spacial score (nSPS) is 52.0. The number of fused-ring (bicyclic) bond motifs is 5. The van der Waals surface area contributed by atoms with E-state index in [2.05, 4.69) is 12.8 Å². The molecule has 0 heterocycles. The molecule has 0 bridgehead atoms. The lowest BCUT2D eigenvalue weighted by Crippen LogP contribution is -2.53. The minimum absolute atomic E-state index is 0.164. The third-order valence-corrected chi connectivity index (χ3v) is 7.74. The van der Waals surface area contributed by atoms with Gasteiger partial charge in [-0.05, 0) is 73.8 Å². The average molecular weight is 314 g/mol. The Hall–Kier alpha value is -1.11. The molecule has 4 rings (SSSR count). The standard InChI is InChI=1S/C20H26O3/c1-3-20(23)9-7-17-15-11-18(22)16-10-12(21)4-5-13(16)14(15)6-8-19(17,20)2/h1,10,13-15,17-18,22-23H,4-9,11H2,2H3/t13-,14-,15-,17+,18?,19+,20+/m1/s1. The number of ketones is 1. The molecule has 124 valence electrons. The largest absolute Gasteiger partial charge is 0.389 e. The van der Waals surface area contributed by atoms with Crippen LogP contribution in [0.3, 0.4) is 0 Å². The smallest absolute Gasteiger partial charge is 0.155 e. The summed E-state index contributed by atoms with van der Waals surface area (Å²) in [6.45, 7) is 2.16. The van der Waals surface area contributed by atoms with Crippen molar-refractivity contribution >= 4 is 5.78 Å². The lowest BCUT2D eigenvalue weighted by Gasteiger charge is -2.55. The van der Waals surface area contributed by atoms with Crippen LogP contribution >= 0.6 is 0 Å². The molecule has 0 aromatic heterocycles. The van der Waals surface area contributed by atoms with Crippen molar-refractivity contribution in [3.8, 4) is 12.3 Å². The number of rotatable bonds is 0. The predicted octanol–water partition coefficient (Wildman–Crippen LogP) is 2.46. The first kappa shape index (κ1) is 15.4. The molecule has 0 radical (unpaired) electrons. The first-order valence-corrected chi connectivity index (χ1v) is 9.02. The Kier molecular flexibility index (Phi) is 3.31. The van der Waals surface area contributed by atoms with Gasteiger partial charge in [-0.1, -0.05) is 12.8 Å². The van der Waals surface area contributed by atoms with Crippen molar-refractivity contribution in [3.63, 3.8) is 0 Å². The van der Waals surface area contributed by atoms with E-state index in [1.807, 2.05) is 0 Å². The third kappa shape index (κ3) is 1.95. The van der Waals surface area contributed by atoms with Crippen LogP contribution in [0.2, 0.25) is 0 Å². The molecule has 3 saturated carbocycles. The number of aliphatic hydroxyl groups excluding tert-OH is 1. The summed E-state index contributed by atoms with van der Waals surface area (Å²) in [6.07, 6.45) is 12.7. The second kappa shape index (κ2) is 4.94. The fourth-order valence-corrected chi connectivity index (χ4v) is 6.44. The van der Waals surface area contributed by atoms with Gasteiger partial charge in [-0.3, -0.25) is 4.79 Å². The van der Waals surface area contributed by atoms with Crippen LogP contribution in [0.15, 0.2) is 11.6 Å². The third-order valence-electron chi connectivity index (χ3n) is 7.74. The van der Waals surface area contributed by atoms with E-state index < -0.39 is 11.7 Å². The zero-order valence-electron chi connectivity index (χ0n) is 13.8. The highest BCUT2D eigenvalue weighted by molar-refractivity contribution is 5.91. The molecule has 0 saturated heterocycles. The molecule has 1 unspecified atom stereocenters. The van der Waals surface area contributed by atoms with E-state index in [0.29, 0.717) is 36.5 Å². The molecule has 0 aromatic carbocycles. The Bertz CT molecular complexity index is 615. The number of carbonyl (C=O) groups excluding carboxylic acids is 1. The van der Waals surface area contributed by atoms with Crippen LogP contribution in [-0.4, -0.2) is 27.7 Å². The molecule has 3 heteroatoms. The van der Waals surface area contributed by atoms with Crippen LogP contribution in [0, 0.1) is 41.4 Å². The van der Waals surface area contributed by atoms with Crippen molar-refractivity contribution in [2.24, 2.45) is 29.1 Å². The number of terminal acetylenes is 1. The maximum atomic E-state index is 11.7. The van der Waals surface area contributed by atoms with Gasteiger partial charge >= 0.3 is 0 Å². The van der Waals surface area contributed by atoms with E-state index in [9.17, 15) is 15.0 Å². The van der Waals surface area contributed by atoms with E-state index >= 15 is 0 Å². The SMILES string of the molecule is C#C[C@]1(O)CC[C@H]2[C@@H]3CC(O)C4=CC(=O)CC[C@@H]4[C@H]3CC[C@@]21C. The van der Waals surface area contributed by atoms with E-state index in [4.69, 9.17) is 6.42 Å². The quantitative estimate of drug-likeness (QED) is 0.675. The first-order valence-electron chi connectivity index (χ1n) is 9.02. The van der Waals surface area contributed by atoms with Gasteiger partial charge in [0, 0.05) is 11.8 Å². The molecular formula is C20H26O3. The molecule has 0 amide bonds. The van der Waals surface area contributed by atoms with Crippen molar-refractivity contribution < 1.29 is 15.0 Å². The molecule has 4 aliphatic carbocycles. The van der Waals surface area contributed by atoms with Gasteiger partial charge in [0.15, 0.2) is 5.78 Å². The molecule has 4 aliphatic rings. The molecular weight excluding hydrogens is 288 g/mol. The molecule has 3 nitrogen and oxygen atoms in total. The Morgan fingerprint density at radius 1 is 1.26 bits per heavy atom. The van der Waals surface area contributed by atoms with Crippen LogP contribution < -0.4 is 0 Å². The number of carbonyl (C=O) groups is 1. The minimum Gasteiger partial charge on any atom is -0.389 e. The van der Waals surface area contributed by atoms with Crippen molar-refractivity contribution in [2.45, 2.75) is 63.6 Å². The summed E-state index contributed by atoms with van der Waals surface area (Å²) in [5.41, 5.74) is -0.239. The average Bonchev–Trinajstić information content (AvgIpc) is 2.80. The molecule has 3 fully saturated rings. The van der Waals surface area contributed by atoms with Gasteiger partial charge in [0.1, 0.15) is 5.60 Å². The van der Waals surface area contributed by atoms with Gasteiger partial charge in [-0.25, -0.2) is 0 Å². The van der Waals surface area contributed by atoms with Crippen LogP contribution in [0.5, 0.6) is 0 Å². The minimum atomic E-state index is -0.994. The fourth-order valence-electron chi connectivity index (χ4n) is 6.44. The van der Waals surface area contributed by atoms with Crippen molar-refractivity contribution in [1.29, 1.82) is 0 Å². The zero-order chi connectivity index (χ0) is 16.4. The van der Waals surface area contributed by atoms with E-state index in [0.717, 1.165) is 37.7 Å². The highest BCUT2D eigenvalue weighted by Gasteiger charge is 2.62. The highest BCUT2D eigenvalue weighted by Crippen LogP contribution is 2.64. The topological polar surface area (TPSA) is 57.5 Å².